The van der Waals surface area contributed by atoms with Crippen molar-refractivity contribution >= 4 is 17.5 Å². The number of hydrogen-bond donors (Lipinski definition) is 2. The molecule has 0 radical (unpaired) electrons. The number of ether oxygens (including phenoxy) is 1. The fraction of sp³-hybridized carbons (Fsp3) is 0.533. The predicted molar refractivity (Wildman–Crippen MR) is 80.2 cm³/mol. The lowest BCUT2D eigenvalue weighted by molar-refractivity contribution is -0.121. The van der Waals surface area contributed by atoms with Gasteiger partial charge in [0.1, 0.15) is 5.75 Å². The highest BCUT2D eigenvalue weighted by atomic mass is 35.5. The molecule has 0 fully saturated rings. The zero-order chi connectivity index (χ0) is 15.1. The third-order valence-corrected chi connectivity index (χ3v) is 3.30. The average Bonchev–Trinajstić information content (AvgIpc) is 2.39. The molecule has 0 heterocycles. The number of hydrogen-bond acceptors (Lipinski definition) is 3. The lowest BCUT2D eigenvalue weighted by atomic mass is 10.0. The Bertz CT molecular complexity index is 449. The summed E-state index contributed by atoms with van der Waals surface area (Å²) in [5, 5.41) is 12.6. The first-order valence-corrected chi connectivity index (χ1v) is 7.06. The summed E-state index contributed by atoms with van der Waals surface area (Å²) in [4.78, 5) is 12.0. The summed E-state index contributed by atoms with van der Waals surface area (Å²) in [6.45, 7) is 4.05. The zero-order valence-electron chi connectivity index (χ0n) is 12.1. The minimum absolute atomic E-state index is 0.0553. The molecule has 5 heteroatoms. The molecule has 0 aliphatic carbocycles. The van der Waals surface area contributed by atoms with Gasteiger partial charge < -0.3 is 15.2 Å². The van der Waals surface area contributed by atoms with E-state index in [9.17, 15) is 9.90 Å². The molecule has 2 N–H and O–H groups in total. The molecule has 20 heavy (non-hydrogen) atoms. The lowest BCUT2D eigenvalue weighted by Crippen LogP contribution is -2.39. The van der Waals surface area contributed by atoms with Crippen LogP contribution < -0.4 is 10.1 Å². The Hall–Kier alpha value is -1.26. The highest BCUT2D eigenvalue weighted by Crippen LogP contribution is 2.22. The summed E-state index contributed by atoms with van der Waals surface area (Å²) in [5.41, 5.74) is 0.742. The van der Waals surface area contributed by atoms with Crippen LogP contribution >= 0.6 is 11.6 Å². The van der Waals surface area contributed by atoms with Crippen LogP contribution in [0, 0.1) is 5.92 Å². The third kappa shape index (κ3) is 5.39. The van der Waals surface area contributed by atoms with Crippen molar-refractivity contribution in [2.24, 2.45) is 5.92 Å². The molecule has 1 rings (SSSR count). The highest BCUT2D eigenvalue weighted by molar-refractivity contribution is 6.31. The summed E-state index contributed by atoms with van der Waals surface area (Å²) >= 11 is 6.10. The second-order valence-corrected chi connectivity index (χ2v) is 5.62. The highest BCUT2D eigenvalue weighted by Gasteiger charge is 2.14. The first-order valence-electron chi connectivity index (χ1n) is 6.68. The Kier molecular flexibility index (Phi) is 6.82. The first-order chi connectivity index (χ1) is 9.46. The summed E-state index contributed by atoms with van der Waals surface area (Å²) in [7, 11) is 1.57. The van der Waals surface area contributed by atoms with Gasteiger partial charge in [0, 0.05) is 5.02 Å². The van der Waals surface area contributed by atoms with Crippen molar-refractivity contribution in [3.05, 3.63) is 28.8 Å². The van der Waals surface area contributed by atoms with Crippen molar-refractivity contribution in [3.63, 3.8) is 0 Å². The van der Waals surface area contributed by atoms with Gasteiger partial charge in [0.05, 0.1) is 26.2 Å². The quantitative estimate of drug-likeness (QED) is 0.813. The van der Waals surface area contributed by atoms with E-state index in [4.69, 9.17) is 16.3 Å². The van der Waals surface area contributed by atoms with E-state index in [1.165, 1.54) is 0 Å². The van der Waals surface area contributed by atoms with Crippen molar-refractivity contribution in [2.45, 2.75) is 32.7 Å². The second kappa shape index (κ2) is 8.12. The molecule has 1 aromatic rings. The van der Waals surface area contributed by atoms with Gasteiger partial charge in [-0.05, 0) is 30.0 Å². The molecule has 1 unspecified atom stereocenters. The summed E-state index contributed by atoms with van der Waals surface area (Å²) < 4.78 is 5.06. The monoisotopic (exact) mass is 299 g/mol. The molecule has 0 saturated heterocycles. The molecule has 0 spiro atoms. The second-order valence-electron chi connectivity index (χ2n) is 5.21. The average molecular weight is 300 g/mol. The maximum atomic E-state index is 12.0. The standard InChI is InChI=1S/C15H22ClNO3/c1-10(2)6-12(9-18)17-15(19)7-11-4-5-13(20-3)8-14(11)16/h4-5,8,10,12,18H,6-7,9H2,1-3H3,(H,17,19). The van der Waals surface area contributed by atoms with Crippen LogP contribution in [0.4, 0.5) is 0 Å². The molecule has 1 amide bonds. The van der Waals surface area contributed by atoms with Crippen molar-refractivity contribution in [3.8, 4) is 5.75 Å². The van der Waals surface area contributed by atoms with Crippen LogP contribution in [0.2, 0.25) is 5.02 Å². The predicted octanol–water partition coefficient (Wildman–Crippen LogP) is 2.41. The van der Waals surface area contributed by atoms with E-state index in [1.807, 2.05) is 0 Å². The van der Waals surface area contributed by atoms with E-state index in [2.05, 4.69) is 19.2 Å². The van der Waals surface area contributed by atoms with Crippen molar-refractivity contribution in [1.82, 2.24) is 5.32 Å². The van der Waals surface area contributed by atoms with E-state index >= 15 is 0 Å². The Labute approximate surface area is 125 Å². The van der Waals surface area contributed by atoms with Gasteiger partial charge in [0.15, 0.2) is 0 Å². The van der Waals surface area contributed by atoms with Gasteiger partial charge in [-0.25, -0.2) is 0 Å². The number of methoxy groups -OCH3 is 1. The van der Waals surface area contributed by atoms with Gasteiger partial charge in [0.2, 0.25) is 5.91 Å². The molecular weight excluding hydrogens is 278 g/mol. The Morgan fingerprint density at radius 2 is 2.15 bits per heavy atom. The Morgan fingerprint density at radius 3 is 2.65 bits per heavy atom. The van der Waals surface area contributed by atoms with Gasteiger partial charge in [-0.1, -0.05) is 31.5 Å². The summed E-state index contributed by atoms with van der Waals surface area (Å²) in [6, 6.07) is 5.02. The number of benzene rings is 1. The molecule has 112 valence electrons. The van der Waals surface area contributed by atoms with Gasteiger partial charge >= 0.3 is 0 Å². The fourth-order valence-electron chi connectivity index (χ4n) is 2.00. The van der Waals surface area contributed by atoms with Crippen LogP contribution in [-0.4, -0.2) is 30.8 Å². The largest absolute Gasteiger partial charge is 0.497 e. The maximum absolute atomic E-state index is 12.0. The van der Waals surface area contributed by atoms with Crippen molar-refractivity contribution in [1.29, 1.82) is 0 Å². The van der Waals surface area contributed by atoms with Crippen LogP contribution in [0.3, 0.4) is 0 Å². The molecule has 0 aliphatic rings. The van der Waals surface area contributed by atoms with Crippen LogP contribution in [0.5, 0.6) is 5.75 Å². The molecule has 4 nitrogen and oxygen atoms in total. The van der Waals surface area contributed by atoms with E-state index in [1.54, 1.807) is 25.3 Å². The van der Waals surface area contributed by atoms with Crippen LogP contribution in [0.15, 0.2) is 18.2 Å². The van der Waals surface area contributed by atoms with E-state index in [0.717, 1.165) is 12.0 Å². The van der Waals surface area contributed by atoms with Crippen LogP contribution in [0.1, 0.15) is 25.8 Å². The fourth-order valence-corrected chi connectivity index (χ4v) is 2.24. The van der Waals surface area contributed by atoms with Gasteiger partial charge in [-0.2, -0.15) is 0 Å². The number of rotatable bonds is 7. The number of aliphatic hydroxyl groups is 1. The van der Waals surface area contributed by atoms with Gasteiger partial charge in [0.25, 0.3) is 0 Å². The molecule has 0 bridgehead atoms. The number of amides is 1. The van der Waals surface area contributed by atoms with Gasteiger partial charge in [-0.3, -0.25) is 4.79 Å². The molecule has 1 atom stereocenters. The van der Waals surface area contributed by atoms with Crippen molar-refractivity contribution in [2.75, 3.05) is 13.7 Å². The van der Waals surface area contributed by atoms with E-state index < -0.39 is 0 Å². The topological polar surface area (TPSA) is 58.6 Å². The zero-order valence-corrected chi connectivity index (χ0v) is 12.9. The summed E-state index contributed by atoms with van der Waals surface area (Å²) in [6.07, 6.45) is 0.940. The van der Waals surface area contributed by atoms with Gasteiger partial charge in [-0.15, -0.1) is 0 Å². The number of halogens is 1. The minimum Gasteiger partial charge on any atom is -0.497 e. The number of carbonyl (C=O) groups is 1. The Morgan fingerprint density at radius 1 is 1.45 bits per heavy atom. The maximum Gasteiger partial charge on any atom is 0.224 e. The number of nitrogens with one attached hydrogen (secondary N) is 1. The number of carbonyl (C=O) groups excluding carboxylic acids is 1. The third-order valence-electron chi connectivity index (χ3n) is 2.95. The molecular formula is C15H22ClNO3. The number of aliphatic hydroxyl groups excluding tert-OH is 1. The first kappa shape index (κ1) is 16.8. The van der Waals surface area contributed by atoms with E-state index in [-0.39, 0.29) is 25.0 Å². The summed E-state index contributed by atoms with van der Waals surface area (Å²) in [5.74, 6) is 0.931. The molecule has 0 aliphatic heterocycles. The molecule has 0 aromatic heterocycles. The smallest absolute Gasteiger partial charge is 0.224 e. The SMILES string of the molecule is COc1ccc(CC(=O)NC(CO)CC(C)C)c(Cl)c1. The normalized spacial score (nSPS) is 12.3. The molecule has 0 saturated carbocycles. The lowest BCUT2D eigenvalue weighted by Gasteiger charge is -2.18. The minimum atomic E-state index is -0.209. The van der Waals surface area contributed by atoms with Crippen LogP contribution in [0.25, 0.3) is 0 Å². The van der Waals surface area contributed by atoms with Crippen LogP contribution in [-0.2, 0) is 11.2 Å². The van der Waals surface area contributed by atoms with Crippen molar-refractivity contribution < 1.29 is 14.6 Å². The Balaban J connectivity index is 2.61. The van der Waals surface area contributed by atoms with E-state index in [0.29, 0.717) is 16.7 Å². The molecule has 1 aromatic carbocycles.